The van der Waals surface area contributed by atoms with E-state index in [0.29, 0.717) is 61.5 Å². The normalized spacial score (nSPS) is 18.0. The van der Waals surface area contributed by atoms with Gasteiger partial charge >= 0.3 is 0 Å². The van der Waals surface area contributed by atoms with Crippen LogP contribution in [0.4, 0.5) is 5.82 Å². The molecule has 2 aliphatic rings. The van der Waals surface area contributed by atoms with Gasteiger partial charge in [0.1, 0.15) is 17.6 Å². The number of carbonyl (C=O) groups is 1. The van der Waals surface area contributed by atoms with Crippen molar-refractivity contribution in [3.05, 3.63) is 47.9 Å². The highest BCUT2D eigenvalue weighted by molar-refractivity contribution is 5.77. The molecule has 8 nitrogen and oxygen atoms in total. The number of anilines is 1. The van der Waals surface area contributed by atoms with Gasteiger partial charge in [-0.05, 0) is 31.9 Å². The molecule has 0 aromatic carbocycles. The Hall–Kier alpha value is -3.44. The van der Waals surface area contributed by atoms with Crippen molar-refractivity contribution in [2.24, 2.45) is 0 Å². The highest BCUT2D eigenvalue weighted by Gasteiger charge is 2.33. The van der Waals surface area contributed by atoms with Gasteiger partial charge in [-0.1, -0.05) is 6.58 Å². The summed E-state index contributed by atoms with van der Waals surface area (Å²) in [6.07, 6.45) is 5.83. The van der Waals surface area contributed by atoms with Gasteiger partial charge in [0.15, 0.2) is 5.75 Å². The number of nitriles is 1. The molecular weight excluding hydrogens is 418 g/mol. The molecular formula is C25H29N5O3. The summed E-state index contributed by atoms with van der Waals surface area (Å²) >= 11 is 0. The number of piperazine rings is 1. The summed E-state index contributed by atoms with van der Waals surface area (Å²) in [5.74, 6) is 2.35. The van der Waals surface area contributed by atoms with E-state index in [-0.39, 0.29) is 11.9 Å². The molecule has 1 saturated carbocycles. The fraction of sp³-hybridized carbons (Fsp3) is 0.440. The van der Waals surface area contributed by atoms with Crippen molar-refractivity contribution in [2.45, 2.75) is 38.1 Å². The Morgan fingerprint density at radius 1 is 1.36 bits per heavy atom. The number of methoxy groups -OCH3 is 1. The number of hydrogen-bond acceptors (Lipinski definition) is 7. The minimum absolute atomic E-state index is 0.0193. The zero-order chi connectivity index (χ0) is 23.4. The lowest BCUT2D eigenvalue weighted by Crippen LogP contribution is -2.54. The highest BCUT2D eigenvalue weighted by Crippen LogP contribution is 2.45. The molecule has 1 saturated heterocycles. The van der Waals surface area contributed by atoms with Gasteiger partial charge in [0.2, 0.25) is 5.91 Å². The van der Waals surface area contributed by atoms with Gasteiger partial charge in [-0.25, -0.2) is 4.98 Å². The third-order valence-electron chi connectivity index (χ3n) is 6.04. The largest absolute Gasteiger partial charge is 0.455 e. The highest BCUT2D eigenvalue weighted by atomic mass is 16.5. The van der Waals surface area contributed by atoms with Gasteiger partial charge in [0.05, 0.1) is 30.0 Å². The molecule has 1 atom stereocenters. The number of aromatic nitrogens is 2. The summed E-state index contributed by atoms with van der Waals surface area (Å²) in [5.41, 5.74) is 2.07. The van der Waals surface area contributed by atoms with Crippen molar-refractivity contribution >= 4 is 17.8 Å². The summed E-state index contributed by atoms with van der Waals surface area (Å²) in [5, 5.41) is 9.90. The van der Waals surface area contributed by atoms with Gasteiger partial charge in [-0.2, -0.15) is 5.26 Å². The van der Waals surface area contributed by atoms with Crippen LogP contribution in [0.3, 0.4) is 0 Å². The van der Waals surface area contributed by atoms with Crippen LogP contribution >= 0.6 is 0 Å². The Morgan fingerprint density at radius 2 is 2.18 bits per heavy atom. The van der Waals surface area contributed by atoms with E-state index in [0.717, 1.165) is 24.2 Å². The molecule has 3 heterocycles. The molecule has 0 spiro atoms. The van der Waals surface area contributed by atoms with E-state index in [1.807, 2.05) is 17.9 Å². The Morgan fingerprint density at radius 3 is 2.85 bits per heavy atom. The maximum Gasteiger partial charge on any atom is 0.225 e. The lowest BCUT2D eigenvalue weighted by molar-refractivity contribution is -0.134. The van der Waals surface area contributed by atoms with Crippen LogP contribution in [0.25, 0.3) is 6.08 Å². The minimum Gasteiger partial charge on any atom is -0.455 e. The summed E-state index contributed by atoms with van der Waals surface area (Å²) in [6, 6.07) is 7.70. The smallest absolute Gasteiger partial charge is 0.225 e. The number of nitrogens with zero attached hydrogens (tertiary/aromatic N) is 5. The first-order chi connectivity index (χ1) is 16.0. The van der Waals surface area contributed by atoms with Crippen molar-refractivity contribution in [3.63, 3.8) is 0 Å². The lowest BCUT2D eigenvalue weighted by atomic mass is 10.1. The zero-order valence-electron chi connectivity index (χ0n) is 19.2. The summed E-state index contributed by atoms with van der Waals surface area (Å²) in [6.45, 7) is 8.05. The molecule has 8 heteroatoms. The topological polar surface area (TPSA) is 91.6 Å². The van der Waals surface area contributed by atoms with Gasteiger partial charge in [0, 0.05) is 57.0 Å². The number of ether oxygens (including phenoxy) is 2. The first-order valence-corrected chi connectivity index (χ1v) is 11.3. The van der Waals surface area contributed by atoms with E-state index in [1.54, 1.807) is 31.5 Å². The molecule has 4 rings (SSSR count). The van der Waals surface area contributed by atoms with Crippen LogP contribution in [0.5, 0.6) is 11.5 Å². The fourth-order valence-electron chi connectivity index (χ4n) is 4.14. The SMILES string of the molecule is C=Cc1cc(Oc2cc(C#N)c(N3CCN(C(=O)CCOC)[C@H](C)C3)nc2C2CC2)ccn1. The third kappa shape index (κ3) is 5.15. The van der Waals surface area contributed by atoms with Crippen LogP contribution in [-0.2, 0) is 9.53 Å². The maximum absolute atomic E-state index is 12.5. The van der Waals surface area contributed by atoms with E-state index in [4.69, 9.17) is 14.5 Å². The Balaban J connectivity index is 1.58. The van der Waals surface area contributed by atoms with Crippen molar-refractivity contribution in [1.82, 2.24) is 14.9 Å². The number of hydrogen-bond donors (Lipinski definition) is 0. The van der Waals surface area contributed by atoms with Crippen molar-refractivity contribution in [3.8, 4) is 17.6 Å². The maximum atomic E-state index is 12.5. The van der Waals surface area contributed by atoms with Crippen LogP contribution in [0.1, 0.15) is 49.1 Å². The van der Waals surface area contributed by atoms with Gasteiger partial charge in [-0.3, -0.25) is 9.78 Å². The molecule has 33 heavy (non-hydrogen) atoms. The van der Waals surface area contributed by atoms with Crippen LogP contribution in [-0.4, -0.2) is 60.2 Å². The predicted octanol–water partition coefficient (Wildman–Crippen LogP) is 3.73. The lowest BCUT2D eigenvalue weighted by Gasteiger charge is -2.40. The molecule has 0 radical (unpaired) electrons. The average Bonchev–Trinajstić information content (AvgIpc) is 3.67. The molecule has 1 amide bonds. The van der Waals surface area contributed by atoms with Gasteiger partial charge in [-0.15, -0.1) is 0 Å². The van der Waals surface area contributed by atoms with Crippen LogP contribution in [0.2, 0.25) is 0 Å². The second-order valence-corrected chi connectivity index (χ2v) is 8.48. The van der Waals surface area contributed by atoms with E-state index in [2.05, 4.69) is 22.5 Å². The Labute approximate surface area is 194 Å². The monoisotopic (exact) mass is 447 g/mol. The first kappa shape index (κ1) is 22.7. The summed E-state index contributed by atoms with van der Waals surface area (Å²) < 4.78 is 11.2. The second kappa shape index (κ2) is 10.0. The predicted molar refractivity (Wildman–Crippen MR) is 125 cm³/mol. The first-order valence-electron chi connectivity index (χ1n) is 11.3. The van der Waals surface area contributed by atoms with Crippen LogP contribution in [0, 0.1) is 11.3 Å². The average molecular weight is 448 g/mol. The standard InChI is InChI=1S/C25H29N5O3/c1-4-20-14-21(7-9-27-20)33-22-13-19(15-26)25(28-24(22)18-5-6-18)29-10-11-30(17(2)16-29)23(31)8-12-32-3/h4,7,9,13-14,17-18H,1,5-6,8,10-12,16H2,2-3H3/t17-/m1/s1. The van der Waals surface area contributed by atoms with E-state index in [1.165, 1.54) is 0 Å². The van der Waals surface area contributed by atoms with Crippen LogP contribution in [0.15, 0.2) is 31.0 Å². The second-order valence-electron chi connectivity index (χ2n) is 8.48. The fourth-order valence-corrected chi connectivity index (χ4v) is 4.14. The Kier molecular flexibility index (Phi) is 6.90. The number of amides is 1. The number of carbonyl (C=O) groups excluding carboxylic acids is 1. The van der Waals surface area contributed by atoms with Crippen molar-refractivity contribution in [1.29, 1.82) is 5.26 Å². The minimum atomic E-state index is 0.0193. The van der Waals surface area contributed by atoms with Crippen molar-refractivity contribution < 1.29 is 14.3 Å². The molecule has 1 aliphatic heterocycles. The zero-order valence-corrected chi connectivity index (χ0v) is 19.2. The molecule has 2 fully saturated rings. The molecule has 1 aliphatic carbocycles. The van der Waals surface area contributed by atoms with E-state index >= 15 is 0 Å². The molecule has 0 N–H and O–H groups in total. The third-order valence-corrected chi connectivity index (χ3v) is 6.04. The number of rotatable bonds is 8. The molecule has 0 unspecified atom stereocenters. The molecule has 172 valence electrons. The Bertz CT molecular complexity index is 1080. The molecule has 2 aromatic rings. The number of pyridine rings is 2. The molecule has 0 bridgehead atoms. The van der Waals surface area contributed by atoms with Crippen LogP contribution < -0.4 is 9.64 Å². The van der Waals surface area contributed by atoms with Gasteiger partial charge in [0.25, 0.3) is 0 Å². The quantitative estimate of drug-likeness (QED) is 0.609. The van der Waals surface area contributed by atoms with E-state index < -0.39 is 0 Å². The van der Waals surface area contributed by atoms with Gasteiger partial charge < -0.3 is 19.3 Å². The summed E-state index contributed by atoms with van der Waals surface area (Å²) in [7, 11) is 1.60. The van der Waals surface area contributed by atoms with E-state index in [9.17, 15) is 10.1 Å². The van der Waals surface area contributed by atoms with Crippen molar-refractivity contribution in [2.75, 3.05) is 38.3 Å². The molecule has 2 aromatic heterocycles. The summed E-state index contributed by atoms with van der Waals surface area (Å²) in [4.78, 5) is 25.6.